The van der Waals surface area contributed by atoms with E-state index in [4.69, 9.17) is 17.0 Å². The smallest absolute Gasteiger partial charge is 0.264 e. The Hall–Kier alpha value is -2.49. The molecule has 2 aromatic carbocycles. The molecule has 3 rings (SSSR count). The van der Waals surface area contributed by atoms with Gasteiger partial charge in [-0.1, -0.05) is 12.1 Å². The van der Waals surface area contributed by atoms with Crippen LogP contribution in [0.25, 0.3) is 0 Å². The normalized spacial score (nSPS) is 14.4. The van der Waals surface area contributed by atoms with E-state index in [1.54, 1.807) is 18.2 Å². The van der Waals surface area contributed by atoms with Gasteiger partial charge in [0.15, 0.2) is 11.7 Å². The van der Waals surface area contributed by atoms with Crippen LogP contribution >= 0.6 is 12.2 Å². The van der Waals surface area contributed by atoms with Gasteiger partial charge in [0.2, 0.25) is 10.0 Å². The molecule has 1 saturated heterocycles. The van der Waals surface area contributed by atoms with E-state index >= 15 is 0 Å². The number of nitrogens with one attached hydrogen (secondary N) is 2. The van der Waals surface area contributed by atoms with Crippen LogP contribution in [0.1, 0.15) is 18.4 Å². The van der Waals surface area contributed by atoms with Gasteiger partial charge in [-0.3, -0.25) is 10.1 Å². The largest absolute Gasteiger partial charge is 0.484 e. The molecule has 9 heteroatoms. The van der Waals surface area contributed by atoms with E-state index in [1.165, 1.54) is 16.4 Å². The van der Waals surface area contributed by atoms with E-state index < -0.39 is 15.9 Å². The molecule has 154 valence electrons. The van der Waals surface area contributed by atoms with Crippen LogP contribution in [0.5, 0.6) is 5.75 Å². The van der Waals surface area contributed by atoms with Gasteiger partial charge in [0.05, 0.1) is 4.90 Å². The zero-order chi connectivity index (χ0) is 20.9. The minimum atomic E-state index is -3.45. The van der Waals surface area contributed by atoms with Crippen molar-refractivity contribution >= 4 is 38.9 Å². The Morgan fingerprint density at radius 1 is 1.14 bits per heavy atom. The highest BCUT2D eigenvalue weighted by molar-refractivity contribution is 7.89. The first-order valence-corrected chi connectivity index (χ1v) is 11.1. The van der Waals surface area contributed by atoms with Gasteiger partial charge in [-0.15, -0.1) is 0 Å². The molecule has 1 fully saturated rings. The summed E-state index contributed by atoms with van der Waals surface area (Å²) in [5, 5.41) is 5.51. The van der Waals surface area contributed by atoms with Crippen molar-refractivity contribution in [3.63, 3.8) is 0 Å². The number of thiocarbonyl (C=S) groups is 1. The first kappa shape index (κ1) is 21.2. The van der Waals surface area contributed by atoms with Crippen molar-refractivity contribution in [2.24, 2.45) is 0 Å². The lowest BCUT2D eigenvalue weighted by molar-refractivity contribution is -0.121. The Bertz CT molecular complexity index is 985. The second kappa shape index (κ2) is 9.34. The number of rotatable bonds is 6. The summed E-state index contributed by atoms with van der Waals surface area (Å²) in [5.41, 5.74) is 1.62. The molecule has 1 heterocycles. The molecular weight excluding hydrogens is 410 g/mol. The molecule has 0 spiro atoms. The predicted molar refractivity (Wildman–Crippen MR) is 115 cm³/mol. The van der Waals surface area contributed by atoms with Gasteiger partial charge in [-0.25, -0.2) is 8.42 Å². The van der Waals surface area contributed by atoms with Crippen molar-refractivity contribution in [1.29, 1.82) is 0 Å². The maximum atomic E-state index is 12.5. The summed E-state index contributed by atoms with van der Waals surface area (Å²) in [6.45, 7) is 2.89. The fourth-order valence-electron chi connectivity index (χ4n) is 2.97. The first-order valence-electron chi connectivity index (χ1n) is 9.25. The standard InChI is InChI=1S/C20H23N3O4S2/c1-15-5-4-6-17(13-15)27-14-19(24)22-20(28)21-16-7-9-18(10-8-16)29(25,26)23-11-2-3-12-23/h4-10,13H,2-3,11-12,14H2,1H3,(H2,21,22,24,28). The van der Waals surface area contributed by atoms with Crippen LogP contribution in [0.2, 0.25) is 0 Å². The second-order valence-corrected chi connectivity index (χ2v) is 9.09. The molecule has 0 saturated carbocycles. The fraction of sp³-hybridized carbons (Fsp3) is 0.300. The summed E-state index contributed by atoms with van der Waals surface area (Å²) in [6.07, 6.45) is 1.78. The zero-order valence-corrected chi connectivity index (χ0v) is 17.7. The molecule has 1 aliphatic rings. The van der Waals surface area contributed by atoms with E-state index in [1.807, 2.05) is 25.1 Å². The van der Waals surface area contributed by atoms with Gasteiger partial charge < -0.3 is 10.1 Å². The van der Waals surface area contributed by atoms with Crippen LogP contribution in [0.15, 0.2) is 53.4 Å². The molecule has 1 amide bonds. The van der Waals surface area contributed by atoms with Gasteiger partial charge in [0.25, 0.3) is 5.91 Å². The number of carbonyl (C=O) groups is 1. The lowest BCUT2D eigenvalue weighted by atomic mass is 10.2. The molecule has 1 aliphatic heterocycles. The summed E-state index contributed by atoms with van der Waals surface area (Å²) in [6, 6.07) is 13.7. The third-order valence-electron chi connectivity index (χ3n) is 4.43. The average Bonchev–Trinajstić information content (AvgIpc) is 3.22. The minimum absolute atomic E-state index is 0.109. The molecule has 0 atom stereocenters. The van der Waals surface area contributed by atoms with Crippen LogP contribution in [-0.2, 0) is 14.8 Å². The zero-order valence-electron chi connectivity index (χ0n) is 16.1. The lowest BCUT2D eigenvalue weighted by Crippen LogP contribution is -2.37. The molecule has 0 unspecified atom stereocenters. The summed E-state index contributed by atoms with van der Waals surface area (Å²) in [4.78, 5) is 12.2. The minimum Gasteiger partial charge on any atom is -0.484 e. The number of aryl methyl sites for hydroxylation is 1. The number of carbonyl (C=O) groups excluding carboxylic acids is 1. The highest BCUT2D eigenvalue weighted by atomic mass is 32.2. The summed E-state index contributed by atoms with van der Waals surface area (Å²) < 4.78 is 32.0. The monoisotopic (exact) mass is 433 g/mol. The Morgan fingerprint density at radius 2 is 1.83 bits per heavy atom. The number of hydrogen-bond donors (Lipinski definition) is 2. The fourth-order valence-corrected chi connectivity index (χ4v) is 4.72. The van der Waals surface area contributed by atoms with Crippen molar-refractivity contribution in [3.05, 3.63) is 54.1 Å². The topological polar surface area (TPSA) is 87.7 Å². The van der Waals surface area contributed by atoms with Crippen molar-refractivity contribution in [2.75, 3.05) is 25.0 Å². The Balaban J connectivity index is 1.50. The maximum absolute atomic E-state index is 12.5. The number of amides is 1. The number of nitrogens with zero attached hydrogens (tertiary/aromatic N) is 1. The predicted octanol–water partition coefficient (Wildman–Crippen LogP) is 2.67. The molecule has 29 heavy (non-hydrogen) atoms. The summed E-state index contributed by atoms with van der Waals surface area (Å²) >= 11 is 5.13. The molecule has 2 N–H and O–H groups in total. The van der Waals surface area contributed by atoms with E-state index in [-0.39, 0.29) is 16.6 Å². The van der Waals surface area contributed by atoms with Gasteiger partial charge >= 0.3 is 0 Å². The summed E-state index contributed by atoms with van der Waals surface area (Å²) in [7, 11) is -3.45. The third kappa shape index (κ3) is 5.75. The number of benzene rings is 2. The molecule has 0 radical (unpaired) electrons. The van der Waals surface area contributed by atoms with Crippen molar-refractivity contribution in [1.82, 2.24) is 9.62 Å². The van der Waals surface area contributed by atoms with E-state index in [0.717, 1.165) is 18.4 Å². The van der Waals surface area contributed by atoms with E-state index in [2.05, 4.69) is 10.6 Å². The van der Waals surface area contributed by atoms with Crippen LogP contribution in [0.4, 0.5) is 5.69 Å². The molecule has 0 bridgehead atoms. The Labute approximate surface area is 176 Å². The van der Waals surface area contributed by atoms with Crippen LogP contribution in [0, 0.1) is 6.92 Å². The SMILES string of the molecule is Cc1cccc(OCC(=O)NC(=S)Nc2ccc(S(=O)(=O)N3CCCC3)cc2)c1. The molecule has 0 aliphatic carbocycles. The number of ether oxygens (including phenoxy) is 1. The highest BCUT2D eigenvalue weighted by Gasteiger charge is 2.26. The quantitative estimate of drug-likeness (QED) is 0.681. The maximum Gasteiger partial charge on any atom is 0.264 e. The van der Waals surface area contributed by atoms with E-state index in [0.29, 0.717) is 24.5 Å². The summed E-state index contributed by atoms with van der Waals surface area (Å²) in [5.74, 6) is 0.214. The molecule has 2 aromatic rings. The second-order valence-electron chi connectivity index (χ2n) is 6.74. The molecular formula is C20H23N3O4S2. The highest BCUT2D eigenvalue weighted by Crippen LogP contribution is 2.22. The van der Waals surface area contributed by atoms with Crippen LogP contribution < -0.4 is 15.4 Å². The number of hydrogen-bond acceptors (Lipinski definition) is 5. The third-order valence-corrected chi connectivity index (χ3v) is 6.54. The Morgan fingerprint density at radius 3 is 2.48 bits per heavy atom. The first-order chi connectivity index (χ1) is 13.8. The van der Waals surface area contributed by atoms with Crippen molar-refractivity contribution in [2.45, 2.75) is 24.7 Å². The number of anilines is 1. The number of sulfonamides is 1. The molecule has 0 aromatic heterocycles. The van der Waals surface area contributed by atoms with Crippen LogP contribution in [0.3, 0.4) is 0 Å². The van der Waals surface area contributed by atoms with Crippen LogP contribution in [-0.4, -0.2) is 43.4 Å². The van der Waals surface area contributed by atoms with Crippen molar-refractivity contribution < 1.29 is 17.9 Å². The lowest BCUT2D eigenvalue weighted by Gasteiger charge is -2.16. The van der Waals surface area contributed by atoms with E-state index in [9.17, 15) is 13.2 Å². The molecule has 7 nitrogen and oxygen atoms in total. The van der Waals surface area contributed by atoms with Gasteiger partial charge in [-0.05, 0) is 73.9 Å². The van der Waals surface area contributed by atoms with Gasteiger partial charge in [0, 0.05) is 18.8 Å². The van der Waals surface area contributed by atoms with Crippen molar-refractivity contribution in [3.8, 4) is 5.75 Å². The average molecular weight is 434 g/mol. The van der Waals surface area contributed by atoms with Gasteiger partial charge in [0.1, 0.15) is 5.75 Å². The Kier molecular flexibility index (Phi) is 6.83. The van der Waals surface area contributed by atoms with Gasteiger partial charge in [-0.2, -0.15) is 4.31 Å².